The van der Waals surface area contributed by atoms with Crippen LogP contribution in [0.5, 0.6) is 5.75 Å². The van der Waals surface area contributed by atoms with Crippen molar-refractivity contribution in [2.45, 2.75) is 25.7 Å². The number of benzene rings is 3. The fourth-order valence-corrected chi connectivity index (χ4v) is 5.25. The number of carbonyl (C=O) groups excluding carboxylic acids is 1. The van der Waals surface area contributed by atoms with Crippen molar-refractivity contribution in [1.29, 1.82) is 0 Å². The van der Waals surface area contributed by atoms with E-state index in [1.807, 2.05) is 66.7 Å². The Kier molecular flexibility index (Phi) is 8.74. The number of hydrogen-bond donors (Lipinski definition) is 3. The van der Waals surface area contributed by atoms with Gasteiger partial charge in [0.15, 0.2) is 0 Å². The largest absolute Gasteiger partial charge is 0.494 e. The Labute approximate surface area is 215 Å². The Bertz CT molecular complexity index is 1210. The monoisotopic (exact) mass is 504 g/mol. The van der Waals surface area contributed by atoms with Crippen LogP contribution in [0.4, 0.5) is 5.69 Å². The minimum Gasteiger partial charge on any atom is -0.494 e. The van der Waals surface area contributed by atoms with Crippen molar-refractivity contribution in [2.75, 3.05) is 31.6 Å². The van der Waals surface area contributed by atoms with Crippen LogP contribution in [-0.2, 0) is 9.59 Å². The van der Waals surface area contributed by atoms with E-state index in [1.165, 1.54) is 32.4 Å². The lowest BCUT2D eigenvalue weighted by Crippen LogP contribution is -2.24. The van der Waals surface area contributed by atoms with Crippen molar-refractivity contribution in [3.05, 3.63) is 72.3 Å². The zero-order chi connectivity index (χ0) is 26.2. The van der Waals surface area contributed by atoms with Gasteiger partial charge in [0.1, 0.15) is 5.75 Å². The van der Waals surface area contributed by atoms with Gasteiger partial charge in [-0.3, -0.25) is 4.79 Å². The molecule has 1 saturated carbocycles. The SMILES string of the molecule is O=C(Nc1ccc(OCCCN2CC3CCCC3C2)cc1)c1cccc2ccccc12.O=C(O)C(=O)O. The van der Waals surface area contributed by atoms with E-state index in [1.54, 1.807) is 0 Å². The number of nitrogens with zero attached hydrogens (tertiary/aromatic N) is 1. The summed E-state index contributed by atoms with van der Waals surface area (Å²) in [6.07, 6.45) is 5.35. The number of ether oxygens (including phenoxy) is 1. The van der Waals surface area contributed by atoms with Crippen molar-refractivity contribution >= 4 is 34.3 Å². The third kappa shape index (κ3) is 7.07. The van der Waals surface area contributed by atoms with Gasteiger partial charge in [0.2, 0.25) is 0 Å². The van der Waals surface area contributed by atoms with Gasteiger partial charge in [-0.1, -0.05) is 42.8 Å². The minimum atomic E-state index is -1.82. The fourth-order valence-electron chi connectivity index (χ4n) is 5.25. The second kappa shape index (κ2) is 12.4. The first-order chi connectivity index (χ1) is 17.9. The minimum absolute atomic E-state index is 0.0964. The second-order valence-electron chi connectivity index (χ2n) is 9.53. The van der Waals surface area contributed by atoms with Crippen LogP contribution in [0.15, 0.2) is 66.7 Å². The van der Waals surface area contributed by atoms with Gasteiger partial charge in [-0.25, -0.2) is 9.59 Å². The zero-order valence-electron chi connectivity index (χ0n) is 20.6. The first kappa shape index (κ1) is 26.2. The van der Waals surface area contributed by atoms with Gasteiger partial charge in [-0.05, 0) is 72.2 Å². The van der Waals surface area contributed by atoms with E-state index < -0.39 is 11.9 Å². The van der Waals surface area contributed by atoms with Crippen LogP contribution in [0.25, 0.3) is 10.8 Å². The molecule has 2 atom stereocenters. The maximum absolute atomic E-state index is 12.8. The molecule has 2 unspecified atom stereocenters. The molecule has 37 heavy (non-hydrogen) atoms. The molecule has 3 aromatic carbocycles. The average molecular weight is 505 g/mol. The Morgan fingerprint density at radius 3 is 2.19 bits per heavy atom. The van der Waals surface area contributed by atoms with Crippen LogP contribution in [0.1, 0.15) is 36.0 Å². The lowest BCUT2D eigenvalue weighted by atomic mass is 10.0. The summed E-state index contributed by atoms with van der Waals surface area (Å²) in [5.41, 5.74) is 1.46. The summed E-state index contributed by atoms with van der Waals surface area (Å²) in [4.78, 5) is 33.6. The molecule has 2 aliphatic rings. The van der Waals surface area contributed by atoms with E-state index in [9.17, 15) is 4.79 Å². The third-order valence-electron chi connectivity index (χ3n) is 7.02. The van der Waals surface area contributed by atoms with E-state index >= 15 is 0 Å². The smallest absolute Gasteiger partial charge is 0.414 e. The number of carboxylic acid groups (broad SMARTS) is 2. The molecule has 1 aliphatic carbocycles. The fraction of sp³-hybridized carbons (Fsp3) is 0.345. The maximum Gasteiger partial charge on any atom is 0.414 e. The standard InChI is InChI=1S/C27H30N2O2.C2H2O4/c30-27(26-11-4-7-20-6-1-2-10-25(20)26)28-23-12-14-24(15-13-23)31-17-5-16-29-18-21-8-3-9-22(21)19-29;3-1(4)2(5)6/h1-2,4,6-7,10-15,21-22H,3,5,8-9,16-19H2,(H,28,30);(H,3,4)(H,5,6). The van der Waals surface area contributed by atoms with Crippen molar-refractivity contribution in [3.63, 3.8) is 0 Å². The summed E-state index contributed by atoms with van der Waals surface area (Å²) < 4.78 is 5.92. The molecule has 3 N–H and O–H groups in total. The van der Waals surface area contributed by atoms with Gasteiger partial charge < -0.3 is 25.2 Å². The molecule has 0 aromatic heterocycles. The molecule has 1 aliphatic heterocycles. The normalized spacial score (nSPS) is 18.5. The number of carbonyl (C=O) groups is 3. The van der Waals surface area contributed by atoms with E-state index in [4.69, 9.17) is 24.5 Å². The molecule has 194 valence electrons. The van der Waals surface area contributed by atoms with E-state index in [0.717, 1.165) is 53.6 Å². The first-order valence-corrected chi connectivity index (χ1v) is 12.6. The predicted molar refractivity (Wildman–Crippen MR) is 141 cm³/mol. The van der Waals surface area contributed by atoms with Crippen molar-refractivity contribution in [3.8, 4) is 5.75 Å². The van der Waals surface area contributed by atoms with Crippen LogP contribution >= 0.6 is 0 Å². The Morgan fingerprint density at radius 1 is 0.865 bits per heavy atom. The molecule has 1 heterocycles. The Hall–Kier alpha value is -3.91. The van der Waals surface area contributed by atoms with Gasteiger partial charge in [-0.15, -0.1) is 0 Å². The molecule has 5 rings (SSSR count). The first-order valence-electron chi connectivity index (χ1n) is 12.6. The average Bonchev–Trinajstić information content (AvgIpc) is 3.50. The Morgan fingerprint density at radius 2 is 1.51 bits per heavy atom. The highest BCUT2D eigenvalue weighted by atomic mass is 16.5. The number of likely N-dealkylation sites (tertiary alicyclic amines) is 1. The molecule has 8 nitrogen and oxygen atoms in total. The van der Waals surface area contributed by atoms with Gasteiger partial charge >= 0.3 is 11.9 Å². The summed E-state index contributed by atoms with van der Waals surface area (Å²) in [6.45, 7) is 4.44. The lowest BCUT2D eigenvalue weighted by Gasteiger charge is -2.16. The number of hydrogen-bond acceptors (Lipinski definition) is 5. The van der Waals surface area contributed by atoms with Crippen LogP contribution < -0.4 is 10.1 Å². The lowest BCUT2D eigenvalue weighted by molar-refractivity contribution is -0.159. The van der Waals surface area contributed by atoms with Gasteiger partial charge in [0, 0.05) is 30.9 Å². The van der Waals surface area contributed by atoms with Crippen LogP contribution in [0.3, 0.4) is 0 Å². The molecular formula is C29H32N2O6. The second-order valence-corrected chi connectivity index (χ2v) is 9.53. The number of rotatable bonds is 7. The topological polar surface area (TPSA) is 116 Å². The van der Waals surface area contributed by atoms with Crippen LogP contribution in [-0.4, -0.2) is 59.2 Å². The molecule has 0 spiro atoms. The zero-order valence-corrected chi connectivity index (χ0v) is 20.6. The highest BCUT2D eigenvalue weighted by Gasteiger charge is 2.35. The molecule has 3 aromatic rings. The number of aliphatic carboxylic acids is 2. The summed E-state index contributed by atoms with van der Waals surface area (Å²) in [7, 11) is 0. The summed E-state index contributed by atoms with van der Waals surface area (Å²) in [5, 5.41) is 19.8. The molecule has 8 heteroatoms. The number of fused-ring (bicyclic) bond motifs is 2. The maximum atomic E-state index is 12.8. The van der Waals surface area contributed by atoms with Gasteiger partial charge in [-0.2, -0.15) is 0 Å². The Balaban J connectivity index is 0.000000480. The summed E-state index contributed by atoms with van der Waals surface area (Å²) in [6, 6.07) is 21.4. The highest BCUT2D eigenvalue weighted by molar-refractivity contribution is 6.27. The number of anilines is 1. The van der Waals surface area contributed by atoms with Crippen LogP contribution in [0, 0.1) is 11.8 Å². The third-order valence-corrected chi connectivity index (χ3v) is 7.02. The number of nitrogens with one attached hydrogen (secondary N) is 1. The number of amides is 1. The van der Waals surface area contributed by atoms with E-state index in [-0.39, 0.29) is 5.91 Å². The molecule has 0 radical (unpaired) electrons. The summed E-state index contributed by atoms with van der Waals surface area (Å²) in [5.74, 6) is -0.984. The van der Waals surface area contributed by atoms with Crippen molar-refractivity contribution in [2.24, 2.45) is 11.8 Å². The number of carboxylic acids is 2. The molecule has 2 fully saturated rings. The molecular weight excluding hydrogens is 472 g/mol. The van der Waals surface area contributed by atoms with Gasteiger partial charge in [0.05, 0.1) is 6.61 Å². The summed E-state index contributed by atoms with van der Waals surface area (Å²) >= 11 is 0. The highest BCUT2D eigenvalue weighted by Crippen LogP contribution is 2.37. The van der Waals surface area contributed by atoms with E-state index in [2.05, 4.69) is 10.2 Å². The molecule has 1 amide bonds. The van der Waals surface area contributed by atoms with Crippen molar-refractivity contribution < 1.29 is 29.3 Å². The quantitative estimate of drug-likeness (QED) is 0.314. The predicted octanol–water partition coefficient (Wildman–Crippen LogP) is 4.75. The van der Waals surface area contributed by atoms with Crippen molar-refractivity contribution in [1.82, 2.24) is 4.90 Å². The van der Waals surface area contributed by atoms with Gasteiger partial charge in [0.25, 0.3) is 5.91 Å². The van der Waals surface area contributed by atoms with E-state index in [0.29, 0.717) is 5.56 Å². The molecule has 0 bridgehead atoms. The van der Waals surface area contributed by atoms with Crippen LogP contribution in [0.2, 0.25) is 0 Å². The molecule has 1 saturated heterocycles.